The van der Waals surface area contributed by atoms with Crippen molar-refractivity contribution in [2.75, 3.05) is 0 Å². The lowest BCUT2D eigenvalue weighted by Crippen LogP contribution is -2.56. The Hall–Kier alpha value is -2.09. The number of rotatable bonds is 12. The molecule has 0 heterocycles. The van der Waals surface area contributed by atoms with Crippen LogP contribution in [0.3, 0.4) is 0 Å². The van der Waals surface area contributed by atoms with Gasteiger partial charge in [-0.1, -0.05) is 73.0 Å². The monoisotopic (exact) mass is 701 g/mol. The lowest BCUT2D eigenvalue weighted by atomic mass is 9.47. The molecule has 0 aromatic rings. The fourth-order valence-corrected chi connectivity index (χ4v) is 10.7. The first-order valence-electron chi connectivity index (χ1n) is 20.0. The van der Waals surface area contributed by atoms with Crippen molar-refractivity contribution in [1.29, 1.82) is 0 Å². The molecule has 0 spiro atoms. The zero-order valence-electron chi connectivity index (χ0n) is 33.6. The fraction of sp³-hybridized carbons (Fsp3) is 0.881. The molecule has 2 amide bonds. The van der Waals surface area contributed by atoms with Gasteiger partial charge in [0.2, 0.25) is 5.91 Å². The molecule has 0 radical (unpaired) electrons. The summed E-state index contributed by atoms with van der Waals surface area (Å²) >= 11 is 0. The Morgan fingerprint density at radius 1 is 0.900 bits per heavy atom. The molecule has 4 rings (SSSR count). The van der Waals surface area contributed by atoms with Gasteiger partial charge in [-0.3, -0.25) is 4.79 Å². The van der Waals surface area contributed by atoms with Gasteiger partial charge in [0.15, 0.2) is 0 Å². The minimum absolute atomic E-state index is 0.146. The summed E-state index contributed by atoms with van der Waals surface area (Å²) in [4.78, 5) is 39.5. The van der Waals surface area contributed by atoms with Crippen LogP contribution in [0.2, 0.25) is 0 Å². The van der Waals surface area contributed by atoms with Crippen molar-refractivity contribution in [2.24, 2.45) is 52.3 Å². The SMILES string of the molecule is CC(C)[C@H](NC(=O)[C@H](NC(=O)OC(C)(C)C)C(C)C)C(=O)O[C@H]1CC[C@@]2(C)C(=CC[C@H]3[C@@H]4CC[C@H]([C@H](C)CCCC(C)(C)O)[C@@]4(C)CC[C@@H]32)C1. The highest BCUT2D eigenvalue weighted by Crippen LogP contribution is 2.67. The van der Waals surface area contributed by atoms with Crippen LogP contribution in [0.1, 0.15) is 154 Å². The van der Waals surface area contributed by atoms with Crippen LogP contribution in [0.15, 0.2) is 11.6 Å². The maximum Gasteiger partial charge on any atom is 0.408 e. The highest BCUT2D eigenvalue weighted by atomic mass is 16.6. The molecule has 4 aliphatic rings. The standard InChI is InChI=1S/C42H72N2O6/c1-25(2)34(44-38(47)50-39(6,7)8)36(45)43-35(26(3)4)37(46)49-29-19-22-41(11)28(24-29)15-16-30-32-18-17-31(42(32,12)23-20-33(30)41)27(5)14-13-21-40(9,10)48/h15,25-27,29-35,48H,13-14,16-24H2,1-12H3,(H,43,45)(H,44,47)/t27-,29+,30+,31-,32+,33+,34-,35+,41+,42-/m1/s1. The molecule has 0 aromatic carbocycles. The van der Waals surface area contributed by atoms with Gasteiger partial charge < -0.3 is 25.2 Å². The molecular formula is C42H72N2O6. The summed E-state index contributed by atoms with van der Waals surface area (Å²) in [6.45, 7) is 24.3. The molecule has 0 aromatic heterocycles. The van der Waals surface area contributed by atoms with E-state index in [1.807, 2.05) is 41.5 Å². The lowest BCUT2D eigenvalue weighted by Gasteiger charge is -2.58. The van der Waals surface area contributed by atoms with Gasteiger partial charge in [0.05, 0.1) is 5.60 Å². The maximum atomic E-state index is 13.6. The van der Waals surface area contributed by atoms with E-state index in [4.69, 9.17) is 9.47 Å². The quantitative estimate of drug-likeness (QED) is 0.139. The van der Waals surface area contributed by atoms with Gasteiger partial charge in [-0.25, -0.2) is 9.59 Å². The molecule has 3 fully saturated rings. The minimum Gasteiger partial charge on any atom is -0.461 e. The first-order chi connectivity index (χ1) is 23.1. The number of fused-ring (bicyclic) bond motifs is 5. The van der Waals surface area contributed by atoms with Crippen LogP contribution in [-0.4, -0.2) is 52.5 Å². The number of allylic oxidation sites excluding steroid dienone is 1. The molecule has 50 heavy (non-hydrogen) atoms. The van der Waals surface area contributed by atoms with Gasteiger partial charge in [0, 0.05) is 6.42 Å². The van der Waals surface area contributed by atoms with E-state index >= 15 is 0 Å². The molecule has 0 saturated heterocycles. The second kappa shape index (κ2) is 15.5. The highest BCUT2D eigenvalue weighted by Gasteiger charge is 2.59. The van der Waals surface area contributed by atoms with E-state index in [1.54, 1.807) is 20.8 Å². The van der Waals surface area contributed by atoms with Crippen LogP contribution in [0, 0.1) is 52.3 Å². The topological polar surface area (TPSA) is 114 Å². The van der Waals surface area contributed by atoms with E-state index in [9.17, 15) is 19.5 Å². The van der Waals surface area contributed by atoms with Crippen LogP contribution in [0.25, 0.3) is 0 Å². The third-order valence-corrected chi connectivity index (χ3v) is 13.4. The Morgan fingerprint density at radius 3 is 2.16 bits per heavy atom. The van der Waals surface area contributed by atoms with Crippen LogP contribution in [0.4, 0.5) is 4.79 Å². The Morgan fingerprint density at radius 2 is 1.56 bits per heavy atom. The normalized spacial score (nSPS) is 32.9. The second-order valence-electron chi connectivity index (χ2n) is 19.6. The molecule has 4 aliphatic carbocycles. The van der Waals surface area contributed by atoms with Crippen molar-refractivity contribution in [2.45, 2.75) is 183 Å². The zero-order valence-corrected chi connectivity index (χ0v) is 33.6. The summed E-state index contributed by atoms with van der Waals surface area (Å²) in [7, 11) is 0. The largest absolute Gasteiger partial charge is 0.461 e. The van der Waals surface area contributed by atoms with Gasteiger partial charge >= 0.3 is 12.1 Å². The van der Waals surface area contributed by atoms with Crippen LogP contribution < -0.4 is 10.6 Å². The predicted molar refractivity (Wildman–Crippen MR) is 199 cm³/mol. The highest BCUT2D eigenvalue weighted by molar-refractivity contribution is 5.90. The third-order valence-electron chi connectivity index (χ3n) is 13.4. The third kappa shape index (κ3) is 9.28. The minimum atomic E-state index is -0.844. The number of nitrogens with one attached hydrogen (secondary N) is 2. The number of aliphatic hydroxyl groups is 1. The summed E-state index contributed by atoms with van der Waals surface area (Å²) < 4.78 is 11.6. The van der Waals surface area contributed by atoms with Gasteiger partial charge in [0.1, 0.15) is 23.8 Å². The maximum absolute atomic E-state index is 13.6. The Balaban J connectivity index is 1.38. The predicted octanol–water partition coefficient (Wildman–Crippen LogP) is 8.74. The number of amides is 2. The van der Waals surface area contributed by atoms with Gasteiger partial charge in [-0.15, -0.1) is 0 Å². The molecule has 8 heteroatoms. The van der Waals surface area contributed by atoms with Gasteiger partial charge in [0.25, 0.3) is 0 Å². The van der Waals surface area contributed by atoms with Crippen molar-refractivity contribution >= 4 is 18.0 Å². The molecule has 0 unspecified atom stereocenters. The first kappa shape index (κ1) is 40.7. The molecule has 3 saturated carbocycles. The summed E-state index contributed by atoms with van der Waals surface area (Å²) in [6.07, 6.45) is 13.8. The summed E-state index contributed by atoms with van der Waals surface area (Å²) in [5.41, 5.74) is 0.743. The van der Waals surface area contributed by atoms with E-state index in [-0.39, 0.29) is 23.4 Å². The smallest absolute Gasteiger partial charge is 0.408 e. The van der Waals surface area contributed by atoms with Crippen molar-refractivity contribution in [3.05, 3.63) is 11.6 Å². The van der Waals surface area contributed by atoms with Gasteiger partial charge in [-0.05, 0) is 138 Å². The number of alkyl carbamates (subject to hydrolysis) is 1. The van der Waals surface area contributed by atoms with Crippen LogP contribution in [-0.2, 0) is 19.1 Å². The number of carbonyl (C=O) groups is 3. The fourth-order valence-electron chi connectivity index (χ4n) is 10.7. The van der Waals surface area contributed by atoms with Crippen molar-refractivity contribution in [3.8, 4) is 0 Å². The number of ether oxygens (including phenoxy) is 2. The number of hydrogen-bond donors (Lipinski definition) is 3. The van der Waals surface area contributed by atoms with E-state index in [0.717, 1.165) is 56.3 Å². The molecule has 286 valence electrons. The lowest BCUT2D eigenvalue weighted by molar-refractivity contribution is -0.157. The summed E-state index contributed by atoms with van der Waals surface area (Å²) in [5.74, 6) is 2.42. The Labute approximate surface area is 304 Å². The zero-order chi connectivity index (χ0) is 37.4. The van der Waals surface area contributed by atoms with Crippen molar-refractivity contribution in [1.82, 2.24) is 10.6 Å². The molecule has 3 N–H and O–H groups in total. The van der Waals surface area contributed by atoms with E-state index in [2.05, 4.69) is 37.5 Å². The summed E-state index contributed by atoms with van der Waals surface area (Å²) in [5, 5.41) is 15.8. The Kier molecular flexibility index (Phi) is 12.6. The van der Waals surface area contributed by atoms with Crippen molar-refractivity contribution < 1.29 is 29.0 Å². The van der Waals surface area contributed by atoms with Crippen LogP contribution in [0.5, 0.6) is 0 Å². The average molecular weight is 701 g/mol. The van der Waals surface area contributed by atoms with E-state index in [0.29, 0.717) is 17.3 Å². The molecule has 0 aliphatic heterocycles. The Bertz CT molecular complexity index is 1250. The molecule has 8 nitrogen and oxygen atoms in total. The number of esters is 1. The number of carbonyl (C=O) groups excluding carboxylic acids is 3. The average Bonchev–Trinajstić information content (AvgIpc) is 3.34. The van der Waals surface area contributed by atoms with E-state index in [1.165, 1.54) is 37.7 Å². The van der Waals surface area contributed by atoms with Gasteiger partial charge in [-0.2, -0.15) is 0 Å². The molecule has 10 atom stereocenters. The number of hydrogen-bond acceptors (Lipinski definition) is 6. The first-order valence-corrected chi connectivity index (χ1v) is 20.0. The van der Waals surface area contributed by atoms with E-state index < -0.39 is 41.3 Å². The van der Waals surface area contributed by atoms with Crippen LogP contribution >= 0.6 is 0 Å². The second-order valence-corrected chi connectivity index (χ2v) is 19.6. The van der Waals surface area contributed by atoms with Crippen molar-refractivity contribution in [3.63, 3.8) is 0 Å². The molecular weight excluding hydrogens is 628 g/mol. The summed E-state index contributed by atoms with van der Waals surface area (Å²) in [6, 6.07) is -1.66. The molecule has 0 bridgehead atoms.